The molecule has 1 fully saturated rings. The highest BCUT2D eigenvalue weighted by Crippen LogP contribution is 2.23. The minimum absolute atomic E-state index is 0.831. The molecule has 0 aromatic carbocycles. The fourth-order valence-corrected chi connectivity index (χ4v) is 1.81. The molecule has 0 bridgehead atoms. The third-order valence-electron chi connectivity index (χ3n) is 2.97. The zero-order valence-electron chi connectivity index (χ0n) is 9.68. The molecular formula is C12H24N2. The number of nitrogens with one attached hydrogen (secondary N) is 1. The molecular weight excluding hydrogens is 172 g/mol. The van der Waals surface area contributed by atoms with Gasteiger partial charge in [0.15, 0.2) is 0 Å². The van der Waals surface area contributed by atoms with Gasteiger partial charge in [0.2, 0.25) is 0 Å². The Morgan fingerprint density at radius 1 is 1.50 bits per heavy atom. The zero-order valence-corrected chi connectivity index (χ0v) is 9.68. The van der Waals surface area contributed by atoms with Gasteiger partial charge < -0.3 is 5.32 Å². The van der Waals surface area contributed by atoms with Crippen molar-refractivity contribution < 1.29 is 0 Å². The smallest absolute Gasteiger partial charge is 0.0202 e. The van der Waals surface area contributed by atoms with Crippen molar-refractivity contribution in [2.24, 2.45) is 0 Å². The van der Waals surface area contributed by atoms with E-state index in [-0.39, 0.29) is 0 Å². The summed E-state index contributed by atoms with van der Waals surface area (Å²) in [5.41, 5.74) is 1.31. The van der Waals surface area contributed by atoms with E-state index in [0.29, 0.717) is 0 Å². The quantitative estimate of drug-likeness (QED) is 0.495. The molecule has 0 unspecified atom stereocenters. The minimum Gasteiger partial charge on any atom is -0.313 e. The summed E-state index contributed by atoms with van der Waals surface area (Å²) >= 11 is 0. The molecule has 0 aliphatic heterocycles. The van der Waals surface area contributed by atoms with Gasteiger partial charge in [-0.25, -0.2) is 0 Å². The molecule has 2 heteroatoms. The second-order valence-electron chi connectivity index (χ2n) is 4.43. The Bertz CT molecular complexity index is 173. The van der Waals surface area contributed by atoms with Crippen molar-refractivity contribution in [3.8, 4) is 0 Å². The fourth-order valence-electron chi connectivity index (χ4n) is 1.81. The molecule has 0 saturated heterocycles. The maximum Gasteiger partial charge on any atom is 0.0202 e. The first kappa shape index (κ1) is 11.7. The van der Waals surface area contributed by atoms with Crippen LogP contribution in [0.4, 0.5) is 0 Å². The zero-order chi connectivity index (χ0) is 10.4. The Kier molecular flexibility index (Phi) is 5.20. The summed E-state index contributed by atoms with van der Waals surface area (Å²) in [7, 11) is 2.22. The highest BCUT2D eigenvalue weighted by atomic mass is 15.1. The van der Waals surface area contributed by atoms with E-state index >= 15 is 0 Å². The largest absolute Gasteiger partial charge is 0.313 e. The first-order valence-electron chi connectivity index (χ1n) is 5.81. The van der Waals surface area contributed by atoms with Crippen molar-refractivity contribution in [3.63, 3.8) is 0 Å². The number of hydrogen-bond acceptors (Lipinski definition) is 2. The molecule has 82 valence electrons. The van der Waals surface area contributed by atoms with Gasteiger partial charge in [-0.2, -0.15) is 0 Å². The van der Waals surface area contributed by atoms with Crippen LogP contribution in [-0.2, 0) is 0 Å². The van der Waals surface area contributed by atoms with Crippen LogP contribution in [0.3, 0.4) is 0 Å². The van der Waals surface area contributed by atoms with Crippen LogP contribution < -0.4 is 5.32 Å². The summed E-state index contributed by atoms with van der Waals surface area (Å²) in [6.45, 7) is 9.43. The van der Waals surface area contributed by atoms with Crippen LogP contribution in [-0.4, -0.2) is 37.6 Å². The van der Waals surface area contributed by atoms with E-state index in [9.17, 15) is 0 Å². The van der Waals surface area contributed by atoms with Gasteiger partial charge in [0, 0.05) is 19.1 Å². The molecule has 1 saturated carbocycles. The van der Waals surface area contributed by atoms with Crippen LogP contribution in [0.1, 0.15) is 32.6 Å². The van der Waals surface area contributed by atoms with E-state index in [4.69, 9.17) is 0 Å². The molecule has 2 nitrogen and oxygen atoms in total. The van der Waals surface area contributed by atoms with E-state index < -0.39 is 0 Å². The van der Waals surface area contributed by atoms with Crippen LogP contribution in [0.15, 0.2) is 12.2 Å². The Balaban J connectivity index is 2.06. The lowest BCUT2D eigenvalue weighted by Gasteiger charge is -2.35. The van der Waals surface area contributed by atoms with Crippen molar-refractivity contribution >= 4 is 0 Å². The lowest BCUT2D eigenvalue weighted by molar-refractivity contribution is 0.171. The van der Waals surface area contributed by atoms with Gasteiger partial charge in [0.05, 0.1) is 0 Å². The molecule has 1 rings (SSSR count). The summed E-state index contributed by atoms with van der Waals surface area (Å²) in [4.78, 5) is 2.44. The summed E-state index contributed by atoms with van der Waals surface area (Å²) in [5.74, 6) is 0. The minimum atomic E-state index is 0.831. The summed E-state index contributed by atoms with van der Waals surface area (Å²) < 4.78 is 0. The van der Waals surface area contributed by atoms with Crippen LogP contribution in [0.5, 0.6) is 0 Å². The van der Waals surface area contributed by atoms with Crippen LogP contribution in [0.25, 0.3) is 0 Å². The first-order valence-corrected chi connectivity index (χ1v) is 5.81. The average Bonchev–Trinajstić information content (AvgIpc) is 2.00. The highest BCUT2D eigenvalue weighted by molar-refractivity contribution is 5.00. The predicted octanol–water partition coefficient (Wildman–Crippen LogP) is 2.03. The monoisotopic (exact) mass is 196 g/mol. The van der Waals surface area contributed by atoms with E-state index in [1.165, 1.54) is 31.3 Å². The molecule has 1 aliphatic carbocycles. The van der Waals surface area contributed by atoms with Crippen molar-refractivity contribution in [1.82, 2.24) is 10.2 Å². The molecule has 14 heavy (non-hydrogen) atoms. The number of likely N-dealkylation sites (N-methyl/N-ethyl adjacent to an activating group) is 1. The van der Waals surface area contributed by atoms with Crippen LogP contribution in [0.2, 0.25) is 0 Å². The van der Waals surface area contributed by atoms with Crippen molar-refractivity contribution in [1.29, 1.82) is 0 Å². The Hall–Kier alpha value is -0.340. The van der Waals surface area contributed by atoms with Crippen LogP contribution in [0, 0.1) is 0 Å². The maximum atomic E-state index is 4.10. The van der Waals surface area contributed by atoms with Crippen molar-refractivity contribution in [3.05, 3.63) is 12.2 Å². The van der Waals surface area contributed by atoms with Gasteiger partial charge in [-0.3, -0.25) is 4.90 Å². The Labute approximate surface area is 88.4 Å². The van der Waals surface area contributed by atoms with Gasteiger partial charge in [0.1, 0.15) is 0 Å². The van der Waals surface area contributed by atoms with Gasteiger partial charge in [-0.1, -0.05) is 19.9 Å². The molecule has 0 atom stereocenters. The molecule has 0 heterocycles. The van der Waals surface area contributed by atoms with E-state index in [1.807, 2.05) is 0 Å². The van der Waals surface area contributed by atoms with E-state index in [1.54, 1.807) is 0 Å². The Morgan fingerprint density at radius 2 is 2.21 bits per heavy atom. The summed E-state index contributed by atoms with van der Waals surface area (Å²) in [5, 5.41) is 3.39. The standard InChI is InChI=1S/C12H24N2/c1-4-8-13-9-11(2)10-14(3)12-6-5-7-12/h12-13H,2,4-10H2,1,3H3. The van der Waals surface area contributed by atoms with Crippen molar-refractivity contribution in [2.45, 2.75) is 38.6 Å². The first-order chi connectivity index (χ1) is 6.74. The van der Waals surface area contributed by atoms with Crippen LogP contribution >= 0.6 is 0 Å². The molecule has 0 amide bonds. The van der Waals surface area contributed by atoms with Gasteiger partial charge in [-0.05, 0) is 38.4 Å². The molecule has 0 aromatic heterocycles. The maximum absolute atomic E-state index is 4.10. The lowest BCUT2D eigenvalue weighted by Crippen LogP contribution is -2.39. The summed E-state index contributed by atoms with van der Waals surface area (Å²) in [6.07, 6.45) is 5.37. The number of rotatable bonds is 7. The predicted molar refractivity (Wildman–Crippen MR) is 62.6 cm³/mol. The molecule has 1 N–H and O–H groups in total. The third kappa shape index (κ3) is 3.81. The number of nitrogens with zero attached hydrogens (tertiary/aromatic N) is 1. The second-order valence-corrected chi connectivity index (χ2v) is 4.43. The van der Waals surface area contributed by atoms with E-state index in [0.717, 1.165) is 25.7 Å². The summed E-state index contributed by atoms with van der Waals surface area (Å²) in [6, 6.07) is 0.831. The highest BCUT2D eigenvalue weighted by Gasteiger charge is 2.21. The molecule has 1 aliphatic rings. The molecule has 0 aromatic rings. The average molecular weight is 196 g/mol. The normalized spacial score (nSPS) is 17.1. The van der Waals surface area contributed by atoms with Gasteiger partial charge >= 0.3 is 0 Å². The fraction of sp³-hybridized carbons (Fsp3) is 0.833. The van der Waals surface area contributed by atoms with E-state index in [2.05, 4.69) is 30.8 Å². The van der Waals surface area contributed by atoms with Gasteiger partial charge in [-0.15, -0.1) is 0 Å². The number of hydrogen-bond donors (Lipinski definition) is 1. The van der Waals surface area contributed by atoms with Gasteiger partial charge in [0.25, 0.3) is 0 Å². The Morgan fingerprint density at radius 3 is 2.71 bits per heavy atom. The molecule has 0 spiro atoms. The second kappa shape index (κ2) is 6.20. The lowest BCUT2D eigenvalue weighted by atomic mass is 9.91. The van der Waals surface area contributed by atoms with Crippen molar-refractivity contribution in [2.75, 3.05) is 26.7 Å². The molecule has 0 radical (unpaired) electrons. The SMILES string of the molecule is C=C(CNCCC)CN(C)C1CCC1. The topological polar surface area (TPSA) is 15.3 Å². The third-order valence-corrected chi connectivity index (χ3v) is 2.97.